The number of rotatable bonds is 2. The van der Waals surface area contributed by atoms with Crippen LogP contribution in [0.2, 0.25) is 0 Å². The highest BCUT2D eigenvalue weighted by molar-refractivity contribution is 5.84. The van der Waals surface area contributed by atoms with Gasteiger partial charge in [0, 0.05) is 30.5 Å². The molecule has 2 rings (SSSR count). The number of aryl methyl sites for hydroxylation is 1. The first-order chi connectivity index (χ1) is 9.83. The highest BCUT2D eigenvalue weighted by Gasteiger charge is 2.18. The van der Waals surface area contributed by atoms with Gasteiger partial charge in [0.2, 0.25) is 0 Å². The topological polar surface area (TPSA) is 54.5 Å². The van der Waals surface area contributed by atoms with Crippen molar-refractivity contribution in [1.82, 2.24) is 4.98 Å². The predicted octanol–water partition coefficient (Wildman–Crippen LogP) is 3.73. The van der Waals surface area contributed by atoms with Crippen LogP contribution in [0.3, 0.4) is 0 Å². The SMILES string of the molecule is Cc1cc(N2CCCCC2)cc(NC(=O)OC(C)(C)C)n1. The van der Waals surface area contributed by atoms with Gasteiger partial charge in [-0.3, -0.25) is 5.32 Å². The maximum atomic E-state index is 11.8. The summed E-state index contributed by atoms with van der Waals surface area (Å²) < 4.78 is 5.26. The summed E-state index contributed by atoms with van der Waals surface area (Å²) in [6.45, 7) is 9.60. The van der Waals surface area contributed by atoms with Crippen LogP contribution in [0.25, 0.3) is 0 Å². The zero-order chi connectivity index (χ0) is 15.5. The molecule has 1 amide bonds. The van der Waals surface area contributed by atoms with Gasteiger partial charge in [-0.05, 0) is 53.0 Å². The fourth-order valence-electron chi connectivity index (χ4n) is 2.46. The average molecular weight is 291 g/mol. The number of amides is 1. The van der Waals surface area contributed by atoms with E-state index in [2.05, 4.69) is 21.3 Å². The molecule has 1 fully saturated rings. The molecule has 0 saturated carbocycles. The van der Waals surface area contributed by atoms with Gasteiger partial charge in [-0.2, -0.15) is 0 Å². The van der Waals surface area contributed by atoms with E-state index in [0.29, 0.717) is 5.82 Å². The van der Waals surface area contributed by atoms with Crippen LogP contribution in [-0.2, 0) is 4.74 Å². The van der Waals surface area contributed by atoms with Crippen LogP contribution >= 0.6 is 0 Å². The van der Waals surface area contributed by atoms with Crippen molar-refractivity contribution in [2.24, 2.45) is 0 Å². The molecule has 0 aromatic carbocycles. The lowest BCUT2D eigenvalue weighted by Gasteiger charge is -2.29. The van der Waals surface area contributed by atoms with Crippen molar-refractivity contribution in [2.75, 3.05) is 23.3 Å². The lowest BCUT2D eigenvalue weighted by molar-refractivity contribution is 0.0635. The average Bonchev–Trinajstić information content (AvgIpc) is 2.36. The Morgan fingerprint density at radius 1 is 1.24 bits per heavy atom. The third-order valence-electron chi connectivity index (χ3n) is 3.29. The Kier molecular flexibility index (Phi) is 4.70. The maximum absolute atomic E-state index is 11.8. The predicted molar refractivity (Wildman–Crippen MR) is 84.9 cm³/mol. The van der Waals surface area contributed by atoms with E-state index in [-0.39, 0.29) is 0 Å². The van der Waals surface area contributed by atoms with Gasteiger partial charge in [0.05, 0.1) is 0 Å². The minimum Gasteiger partial charge on any atom is -0.444 e. The zero-order valence-corrected chi connectivity index (χ0v) is 13.4. The Morgan fingerprint density at radius 3 is 2.52 bits per heavy atom. The molecule has 1 aliphatic heterocycles. The van der Waals surface area contributed by atoms with Gasteiger partial charge in [-0.15, -0.1) is 0 Å². The molecule has 2 heterocycles. The highest BCUT2D eigenvalue weighted by Crippen LogP contribution is 2.23. The third kappa shape index (κ3) is 4.92. The number of carbonyl (C=O) groups is 1. The number of nitrogens with zero attached hydrogens (tertiary/aromatic N) is 2. The minimum absolute atomic E-state index is 0.467. The molecule has 1 aromatic rings. The van der Waals surface area contributed by atoms with Gasteiger partial charge in [0.25, 0.3) is 0 Å². The molecule has 1 saturated heterocycles. The van der Waals surface area contributed by atoms with Gasteiger partial charge in [0.15, 0.2) is 0 Å². The lowest BCUT2D eigenvalue weighted by Crippen LogP contribution is -2.30. The van der Waals surface area contributed by atoms with E-state index in [0.717, 1.165) is 24.5 Å². The van der Waals surface area contributed by atoms with Crippen molar-refractivity contribution < 1.29 is 9.53 Å². The monoisotopic (exact) mass is 291 g/mol. The van der Waals surface area contributed by atoms with Gasteiger partial charge in [0.1, 0.15) is 11.4 Å². The van der Waals surface area contributed by atoms with E-state index in [4.69, 9.17) is 4.74 Å². The summed E-state index contributed by atoms with van der Waals surface area (Å²) in [5.41, 5.74) is 1.50. The number of hydrogen-bond acceptors (Lipinski definition) is 4. The van der Waals surface area contributed by atoms with E-state index in [1.165, 1.54) is 19.3 Å². The van der Waals surface area contributed by atoms with Gasteiger partial charge in [-0.25, -0.2) is 9.78 Å². The smallest absolute Gasteiger partial charge is 0.413 e. The molecule has 0 unspecified atom stereocenters. The second-order valence-corrected chi connectivity index (χ2v) is 6.53. The van der Waals surface area contributed by atoms with Gasteiger partial charge < -0.3 is 9.64 Å². The Hall–Kier alpha value is -1.78. The number of nitrogens with one attached hydrogen (secondary N) is 1. The first-order valence-electron chi connectivity index (χ1n) is 7.57. The Balaban J connectivity index is 2.09. The van der Waals surface area contributed by atoms with Crippen molar-refractivity contribution in [2.45, 2.75) is 52.6 Å². The second kappa shape index (κ2) is 6.33. The number of piperidine rings is 1. The van der Waals surface area contributed by atoms with Crippen LogP contribution in [0.15, 0.2) is 12.1 Å². The molecule has 21 heavy (non-hydrogen) atoms. The Bertz CT molecular complexity index is 503. The number of pyridine rings is 1. The largest absolute Gasteiger partial charge is 0.444 e. The van der Waals surface area contributed by atoms with Crippen LogP contribution in [0, 0.1) is 6.92 Å². The van der Waals surface area contributed by atoms with E-state index < -0.39 is 11.7 Å². The molecule has 116 valence electrons. The molecule has 5 heteroatoms. The Labute approximate surface area is 126 Å². The highest BCUT2D eigenvalue weighted by atomic mass is 16.6. The summed E-state index contributed by atoms with van der Waals surface area (Å²) in [6, 6.07) is 3.98. The molecule has 1 aromatic heterocycles. The van der Waals surface area contributed by atoms with Crippen molar-refractivity contribution in [3.8, 4) is 0 Å². The van der Waals surface area contributed by atoms with Crippen LogP contribution in [0.5, 0.6) is 0 Å². The molecule has 0 radical (unpaired) electrons. The summed E-state index contributed by atoms with van der Waals surface area (Å²) in [5, 5.41) is 2.72. The maximum Gasteiger partial charge on any atom is 0.413 e. The summed E-state index contributed by atoms with van der Waals surface area (Å²) in [4.78, 5) is 18.5. The molecule has 0 spiro atoms. The van der Waals surface area contributed by atoms with E-state index in [9.17, 15) is 4.79 Å². The standard InChI is InChI=1S/C16H25N3O2/c1-12-10-13(19-8-6-5-7-9-19)11-14(17-12)18-15(20)21-16(2,3)4/h10-11H,5-9H2,1-4H3,(H,17,18,20). The van der Waals surface area contributed by atoms with Gasteiger partial charge in [-0.1, -0.05) is 0 Å². The molecule has 1 aliphatic rings. The van der Waals surface area contributed by atoms with E-state index in [1.54, 1.807) is 0 Å². The molecule has 0 bridgehead atoms. The van der Waals surface area contributed by atoms with E-state index in [1.807, 2.05) is 33.8 Å². The second-order valence-electron chi connectivity index (χ2n) is 6.53. The fraction of sp³-hybridized carbons (Fsp3) is 0.625. The quantitative estimate of drug-likeness (QED) is 0.902. The molecular weight excluding hydrogens is 266 g/mol. The van der Waals surface area contributed by atoms with Crippen LogP contribution < -0.4 is 10.2 Å². The minimum atomic E-state index is -0.510. The number of hydrogen-bond donors (Lipinski definition) is 1. The summed E-state index contributed by atoms with van der Waals surface area (Å²) in [6.07, 6.45) is 3.26. The number of anilines is 2. The Morgan fingerprint density at radius 2 is 1.90 bits per heavy atom. The van der Waals surface area contributed by atoms with Crippen molar-refractivity contribution in [1.29, 1.82) is 0 Å². The number of aromatic nitrogens is 1. The molecule has 0 atom stereocenters. The van der Waals surface area contributed by atoms with Gasteiger partial charge >= 0.3 is 6.09 Å². The first kappa shape index (κ1) is 15.6. The fourth-order valence-corrected chi connectivity index (χ4v) is 2.46. The van der Waals surface area contributed by atoms with Crippen molar-refractivity contribution >= 4 is 17.6 Å². The molecular formula is C16H25N3O2. The van der Waals surface area contributed by atoms with Crippen LogP contribution in [0.4, 0.5) is 16.3 Å². The van der Waals surface area contributed by atoms with Crippen LogP contribution in [-0.4, -0.2) is 29.8 Å². The van der Waals surface area contributed by atoms with Crippen LogP contribution in [0.1, 0.15) is 45.7 Å². The summed E-state index contributed by atoms with van der Waals surface area (Å²) in [5.74, 6) is 0.546. The molecule has 5 nitrogen and oxygen atoms in total. The number of carbonyl (C=O) groups excluding carboxylic acids is 1. The first-order valence-corrected chi connectivity index (χ1v) is 7.57. The third-order valence-corrected chi connectivity index (χ3v) is 3.29. The number of ether oxygens (including phenoxy) is 1. The molecule has 0 aliphatic carbocycles. The van der Waals surface area contributed by atoms with E-state index >= 15 is 0 Å². The normalized spacial score (nSPS) is 15.7. The lowest BCUT2D eigenvalue weighted by atomic mass is 10.1. The van der Waals surface area contributed by atoms with Crippen molar-refractivity contribution in [3.05, 3.63) is 17.8 Å². The zero-order valence-electron chi connectivity index (χ0n) is 13.4. The molecule has 1 N–H and O–H groups in total. The summed E-state index contributed by atoms with van der Waals surface area (Å²) >= 11 is 0. The summed E-state index contributed by atoms with van der Waals surface area (Å²) in [7, 11) is 0. The van der Waals surface area contributed by atoms with Crippen molar-refractivity contribution in [3.63, 3.8) is 0 Å².